The van der Waals surface area contributed by atoms with Crippen molar-refractivity contribution >= 4 is 33.1 Å². The molecule has 2 aromatic heterocycles. The van der Waals surface area contributed by atoms with Crippen LogP contribution >= 0.6 is 11.6 Å². The predicted octanol–water partition coefficient (Wildman–Crippen LogP) is 0.998. The van der Waals surface area contributed by atoms with E-state index < -0.39 is 10.0 Å². The van der Waals surface area contributed by atoms with Crippen LogP contribution in [0.15, 0.2) is 29.6 Å². The molecule has 0 radical (unpaired) electrons. The van der Waals surface area contributed by atoms with Gasteiger partial charge in [-0.05, 0) is 18.9 Å². The van der Waals surface area contributed by atoms with Crippen LogP contribution in [0.25, 0.3) is 0 Å². The van der Waals surface area contributed by atoms with Crippen LogP contribution in [0.2, 0.25) is 5.02 Å². The van der Waals surface area contributed by atoms with E-state index >= 15 is 0 Å². The third-order valence-corrected chi connectivity index (χ3v) is 5.69. The van der Waals surface area contributed by atoms with E-state index in [4.69, 9.17) is 17.3 Å². The van der Waals surface area contributed by atoms with E-state index in [1.807, 2.05) is 13.2 Å². The quantitative estimate of drug-likeness (QED) is 0.831. The summed E-state index contributed by atoms with van der Waals surface area (Å²) in [6.07, 6.45) is 6.64. The van der Waals surface area contributed by atoms with Crippen molar-refractivity contribution in [1.82, 2.24) is 19.5 Å². The Labute approximate surface area is 145 Å². The second-order valence-corrected chi connectivity index (χ2v) is 7.93. The summed E-state index contributed by atoms with van der Waals surface area (Å²) in [7, 11) is -1.93. The molecule has 0 spiro atoms. The van der Waals surface area contributed by atoms with Gasteiger partial charge in [0.25, 0.3) is 0 Å². The minimum Gasteiger partial charge on any atom is -0.383 e. The Morgan fingerprint density at radius 2 is 2.21 bits per heavy atom. The lowest BCUT2D eigenvalue weighted by Crippen LogP contribution is -2.47. The summed E-state index contributed by atoms with van der Waals surface area (Å²) in [6, 6.07) is 1.09. The molecule has 0 amide bonds. The second-order valence-electron chi connectivity index (χ2n) is 5.82. The van der Waals surface area contributed by atoms with Crippen molar-refractivity contribution in [3.63, 3.8) is 0 Å². The van der Waals surface area contributed by atoms with Crippen molar-refractivity contribution in [3.05, 3.63) is 29.7 Å². The number of halogens is 1. The summed E-state index contributed by atoms with van der Waals surface area (Å²) < 4.78 is 29.6. The van der Waals surface area contributed by atoms with Crippen LogP contribution in [-0.2, 0) is 17.1 Å². The van der Waals surface area contributed by atoms with Gasteiger partial charge < -0.3 is 10.6 Å². The fourth-order valence-corrected chi connectivity index (χ4v) is 4.40. The summed E-state index contributed by atoms with van der Waals surface area (Å²) in [6.45, 7) is 1.43. The van der Waals surface area contributed by atoms with Crippen LogP contribution in [-0.4, -0.2) is 42.3 Å². The molecule has 1 atom stereocenters. The third-order valence-electron chi connectivity index (χ3n) is 3.94. The topological polar surface area (TPSA) is 106 Å². The number of aryl methyl sites for hydroxylation is 1. The predicted molar refractivity (Wildman–Crippen MR) is 92.4 cm³/mol. The Bertz CT molecular complexity index is 838. The highest BCUT2D eigenvalue weighted by Gasteiger charge is 2.27. The minimum atomic E-state index is -3.78. The van der Waals surface area contributed by atoms with Crippen molar-refractivity contribution in [2.75, 3.05) is 23.7 Å². The normalized spacial score (nSPS) is 18.8. The molecule has 0 aliphatic carbocycles. The van der Waals surface area contributed by atoms with Crippen LogP contribution < -0.4 is 15.4 Å². The van der Waals surface area contributed by atoms with E-state index in [2.05, 4.69) is 19.7 Å². The fourth-order valence-electron chi connectivity index (χ4n) is 2.81. The number of nitrogens with zero attached hydrogens (tertiary/aromatic N) is 4. The molecule has 24 heavy (non-hydrogen) atoms. The van der Waals surface area contributed by atoms with Gasteiger partial charge in [0.2, 0.25) is 10.0 Å². The molecule has 3 N–H and O–H groups in total. The maximum absolute atomic E-state index is 12.6. The molecule has 0 saturated carbocycles. The zero-order valence-electron chi connectivity index (χ0n) is 13.2. The van der Waals surface area contributed by atoms with Gasteiger partial charge in [-0.15, -0.1) is 0 Å². The SMILES string of the molecule is Cn1cc(N2CCCC(NS(=O)(=O)c3cc(Cl)cnc3N)C2)cn1. The van der Waals surface area contributed by atoms with Crippen LogP contribution in [0.4, 0.5) is 11.5 Å². The fraction of sp³-hybridized carbons (Fsp3) is 0.429. The van der Waals surface area contributed by atoms with Crippen molar-refractivity contribution in [2.24, 2.45) is 7.05 Å². The zero-order valence-corrected chi connectivity index (χ0v) is 14.8. The smallest absolute Gasteiger partial charge is 0.244 e. The van der Waals surface area contributed by atoms with E-state index in [9.17, 15) is 8.42 Å². The lowest BCUT2D eigenvalue weighted by molar-refractivity contribution is 0.466. The van der Waals surface area contributed by atoms with E-state index in [-0.39, 0.29) is 21.8 Å². The lowest BCUT2D eigenvalue weighted by atomic mass is 10.1. The number of hydrogen-bond donors (Lipinski definition) is 2. The van der Waals surface area contributed by atoms with Crippen LogP contribution in [0.3, 0.4) is 0 Å². The summed E-state index contributed by atoms with van der Waals surface area (Å²) in [5.74, 6) is -0.0631. The van der Waals surface area contributed by atoms with Gasteiger partial charge in [0.05, 0.1) is 16.9 Å². The molecule has 1 saturated heterocycles. The highest BCUT2D eigenvalue weighted by atomic mass is 35.5. The van der Waals surface area contributed by atoms with E-state index in [1.165, 1.54) is 12.3 Å². The molecular formula is C14H19ClN6O2S. The summed E-state index contributed by atoms with van der Waals surface area (Å²) in [4.78, 5) is 5.83. The Morgan fingerprint density at radius 1 is 1.42 bits per heavy atom. The Morgan fingerprint density at radius 3 is 2.92 bits per heavy atom. The van der Waals surface area contributed by atoms with Gasteiger partial charge in [-0.25, -0.2) is 18.1 Å². The van der Waals surface area contributed by atoms with Crippen molar-refractivity contribution in [2.45, 2.75) is 23.8 Å². The van der Waals surface area contributed by atoms with Gasteiger partial charge in [-0.2, -0.15) is 5.10 Å². The number of nitrogens with one attached hydrogen (secondary N) is 1. The van der Waals surface area contributed by atoms with Crippen LogP contribution in [0.1, 0.15) is 12.8 Å². The average molecular weight is 371 g/mol. The number of piperidine rings is 1. The maximum atomic E-state index is 12.6. The number of rotatable bonds is 4. The molecule has 10 heteroatoms. The van der Waals surface area contributed by atoms with Crippen molar-refractivity contribution in [1.29, 1.82) is 0 Å². The molecule has 0 aromatic carbocycles. The molecule has 1 fully saturated rings. The Kier molecular flexibility index (Phi) is 4.66. The number of hydrogen-bond acceptors (Lipinski definition) is 6. The molecule has 3 rings (SSSR count). The van der Waals surface area contributed by atoms with Crippen molar-refractivity contribution in [3.8, 4) is 0 Å². The number of pyridine rings is 1. The van der Waals surface area contributed by atoms with Crippen LogP contribution in [0.5, 0.6) is 0 Å². The number of anilines is 2. The molecule has 1 aliphatic heterocycles. The third kappa shape index (κ3) is 3.63. The van der Waals surface area contributed by atoms with Crippen LogP contribution in [0, 0.1) is 0 Å². The monoisotopic (exact) mass is 370 g/mol. The second kappa shape index (κ2) is 6.58. The summed E-state index contributed by atoms with van der Waals surface area (Å²) in [5.41, 5.74) is 6.67. The first kappa shape index (κ1) is 17.0. The standard InChI is InChI=1S/C14H19ClN6O2S/c1-20-9-12(7-18-20)21-4-2-3-11(8-21)19-24(22,23)13-5-10(15)6-17-14(13)16/h5-7,9,11,19H,2-4,8H2,1H3,(H2,16,17). The first-order chi connectivity index (χ1) is 11.3. The Hall–Kier alpha value is -1.84. The van der Waals surface area contributed by atoms with E-state index in [1.54, 1.807) is 10.9 Å². The molecular weight excluding hydrogens is 352 g/mol. The highest BCUT2D eigenvalue weighted by molar-refractivity contribution is 7.89. The summed E-state index contributed by atoms with van der Waals surface area (Å²) in [5, 5.41) is 4.38. The van der Waals surface area contributed by atoms with E-state index in [0.717, 1.165) is 25.1 Å². The zero-order chi connectivity index (χ0) is 17.3. The largest absolute Gasteiger partial charge is 0.383 e. The first-order valence-corrected chi connectivity index (χ1v) is 9.38. The molecule has 1 unspecified atom stereocenters. The molecule has 130 valence electrons. The molecule has 3 heterocycles. The number of sulfonamides is 1. The molecule has 8 nitrogen and oxygen atoms in total. The lowest BCUT2D eigenvalue weighted by Gasteiger charge is -2.33. The van der Waals surface area contributed by atoms with Gasteiger partial charge >= 0.3 is 0 Å². The summed E-state index contributed by atoms with van der Waals surface area (Å²) >= 11 is 5.84. The van der Waals surface area contributed by atoms with Gasteiger partial charge in [-0.1, -0.05) is 11.6 Å². The molecule has 2 aromatic rings. The number of nitrogens with two attached hydrogens (primary N) is 1. The number of aromatic nitrogens is 3. The van der Waals surface area contributed by atoms with Gasteiger partial charge in [0.1, 0.15) is 10.7 Å². The molecule has 0 bridgehead atoms. The number of nitrogen functional groups attached to an aromatic ring is 1. The average Bonchev–Trinajstić information content (AvgIpc) is 2.96. The van der Waals surface area contributed by atoms with Gasteiger partial charge in [0.15, 0.2) is 0 Å². The van der Waals surface area contributed by atoms with E-state index in [0.29, 0.717) is 6.54 Å². The van der Waals surface area contributed by atoms with Crippen molar-refractivity contribution < 1.29 is 8.42 Å². The minimum absolute atomic E-state index is 0.0631. The van der Waals surface area contributed by atoms with Gasteiger partial charge in [0, 0.05) is 38.6 Å². The first-order valence-electron chi connectivity index (χ1n) is 7.52. The Balaban J connectivity index is 1.76. The maximum Gasteiger partial charge on any atom is 0.244 e. The molecule has 1 aliphatic rings. The van der Waals surface area contributed by atoms with Gasteiger partial charge in [-0.3, -0.25) is 4.68 Å². The highest BCUT2D eigenvalue weighted by Crippen LogP contribution is 2.23.